The Bertz CT molecular complexity index is 1740. The Morgan fingerprint density at radius 3 is 2.13 bits per heavy atom. The third-order valence-electron chi connectivity index (χ3n) is 7.52. The highest BCUT2D eigenvalue weighted by Gasteiger charge is 2.53. The van der Waals surface area contributed by atoms with Crippen LogP contribution in [0.1, 0.15) is 38.2 Å². The van der Waals surface area contributed by atoms with Crippen LogP contribution in [0.4, 0.5) is 22.7 Å². The van der Waals surface area contributed by atoms with Gasteiger partial charge in [0.2, 0.25) is 0 Å². The maximum atomic E-state index is 13.2. The first kappa shape index (κ1) is 23.1. The summed E-state index contributed by atoms with van der Waals surface area (Å²) < 4.78 is 12.8. The number of carbonyl (C=O) groups is 1. The number of para-hydroxylation sites is 2. The lowest BCUT2D eigenvalue weighted by molar-refractivity contribution is 0.0224. The molecule has 5 aromatic carbocycles. The van der Waals surface area contributed by atoms with Crippen molar-refractivity contribution in [3.63, 3.8) is 0 Å². The van der Waals surface area contributed by atoms with Gasteiger partial charge in [0.15, 0.2) is 5.60 Å². The normalized spacial score (nSPS) is 16.5. The Kier molecular flexibility index (Phi) is 5.20. The lowest BCUT2D eigenvalue weighted by Gasteiger charge is -2.37. The first-order chi connectivity index (χ1) is 19.0. The van der Waals surface area contributed by atoms with Crippen LogP contribution in [0.25, 0.3) is 0 Å². The Hall–Kier alpha value is -5.03. The molecular formula is C34H26N2O3. The Morgan fingerprint density at radius 1 is 0.590 bits per heavy atom. The summed E-state index contributed by atoms with van der Waals surface area (Å²) in [5.74, 6) is 0.948. The number of hydrogen-bond donors (Lipinski definition) is 2. The van der Waals surface area contributed by atoms with Crippen molar-refractivity contribution in [1.82, 2.24) is 0 Å². The van der Waals surface area contributed by atoms with E-state index in [2.05, 4.69) is 42.7 Å². The molecule has 39 heavy (non-hydrogen) atoms. The lowest BCUT2D eigenvalue weighted by atomic mass is 9.77. The minimum atomic E-state index is -1.12. The molecule has 0 aliphatic carbocycles. The fraction of sp³-hybridized carbons (Fsp3) is 0.0882. The van der Waals surface area contributed by atoms with Crippen molar-refractivity contribution < 1.29 is 14.3 Å². The Labute approximate surface area is 227 Å². The number of aryl methyl sites for hydroxylation is 2. The maximum absolute atomic E-state index is 13.2. The number of nitrogens with one attached hydrogen (secondary N) is 2. The minimum absolute atomic E-state index is 0.344. The van der Waals surface area contributed by atoms with E-state index in [1.165, 1.54) is 0 Å². The predicted molar refractivity (Wildman–Crippen MR) is 154 cm³/mol. The van der Waals surface area contributed by atoms with Gasteiger partial charge in [0, 0.05) is 45.5 Å². The molecule has 2 aliphatic rings. The Morgan fingerprint density at radius 2 is 1.31 bits per heavy atom. The van der Waals surface area contributed by atoms with Crippen molar-refractivity contribution in [1.29, 1.82) is 0 Å². The average molecular weight is 511 g/mol. The second-order valence-corrected chi connectivity index (χ2v) is 10.0. The zero-order chi connectivity index (χ0) is 26.6. The predicted octanol–water partition coefficient (Wildman–Crippen LogP) is 8.36. The van der Waals surface area contributed by atoms with E-state index in [1.807, 2.05) is 91.0 Å². The molecule has 0 fully saturated rings. The van der Waals surface area contributed by atoms with Gasteiger partial charge in [-0.25, -0.2) is 4.79 Å². The van der Waals surface area contributed by atoms with E-state index in [0.29, 0.717) is 17.1 Å². The lowest BCUT2D eigenvalue weighted by Crippen LogP contribution is -2.33. The van der Waals surface area contributed by atoms with Crippen molar-refractivity contribution in [3.05, 3.63) is 143 Å². The standard InChI is InChI=1S/C34H26N2O3/c1-21-9-8-10-22(2)32(21)36-24-16-18-30-29(19-24)34(27-14-7-6-13-26(27)33(37)39-34)28-17-15-25(20-31(28)38-30)35-23-11-4-3-5-12-23/h3-20,35-36H,1-2H3. The fourth-order valence-electron chi connectivity index (χ4n) is 5.67. The van der Waals surface area contributed by atoms with Gasteiger partial charge in [-0.15, -0.1) is 0 Å². The van der Waals surface area contributed by atoms with Crippen LogP contribution in [0.15, 0.2) is 109 Å². The summed E-state index contributed by atoms with van der Waals surface area (Å²) in [5, 5.41) is 7.02. The van der Waals surface area contributed by atoms with Crippen molar-refractivity contribution >= 4 is 28.7 Å². The van der Waals surface area contributed by atoms with Gasteiger partial charge in [-0.1, -0.05) is 54.6 Å². The van der Waals surface area contributed by atoms with Crippen molar-refractivity contribution in [3.8, 4) is 11.5 Å². The van der Waals surface area contributed by atoms with Crippen LogP contribution in [0.5, 0.6) is 11.5 Å². The van der Waals surface area contributed by atoms with Crippen LogP contribution in [0.2, 0.25) is 0 Å². The van der Waals surface area contributed by atoms with Crippen LogP contribution < -0.4 is 15.4 Å². The minimum Gasteiger partial charge on any atom is -0.456 e. The van der Waals surface area contributed by atoms with Crippen LogP contribution in [-0.2, 0) is 10.3 Å². The number of fused-ring (bicyclic) bond motifs is 6. The van der Waals surface area contributed by atoms with Gasteiger partial charge in [0.05, 0.1) is 5.56 Å². The van der Waals surface area contributed by atoms with Crippen molar-refractivity contribution in [2.24, 2.45) is 0 Å². The highest BCUT2D eigenvalue weighted by molar-refractivity contribution is 5.97. The first-order valence-electron chi connectivity index (χ1n) is 13.0. The van der Waals surface area contributed by atoms with E-state index in [0.717, 1.165) is 50.6 Å². The van der Waals surface area contributed by atoms with Gasteiger partial charge < -0.3 is 20.1 Å². The molecular weight excluding hydrogens is 484 g/mol. The SMILES string of the molecule is Cc1cccc(C)c1Nc1ccc2c(c1)C1(OC(=O)c3ccccc31)c1ccc(Nc3ccccc3)cc1O2. The number of hydrogen-bond acceptors (Lipinski definition) is 5. The second-order valence-electron chi connectivity index (χ2n) is 10.0. The molecule has 0 saturated carbocycles. The van der Waals surface area contributed by atoms with E-state index in [1.54, 1.807) is 0 Å². The molecule has 5 nitrogen and oxygen atoms in total. The molecule has 2 heterocycles. The Balaban J connectivity index is 1.39. The average Bonchev–Trinajstić information content (AvgIpc) is 3.24. The molecule has 0 radical (unpaired) electrons. The highest BCUT2D eigenvalue weighted by Crippen LogP contribution is 2.57. The summed E-state index contributed by atoms with van der Waals surface area (Å²) in [7, 11) is 0. The van der Waals surface area contributed by atoms with Gasteiger partial charge in [0.1, 0.15) is 11.5 Å². The van der Waals surface area contributed by atoms with Gasteiger partial charge in [0.25, 0.3) is 0 Å². The van der Waals surface area contributed by atoms with E-state index < -0.39 is 5.60 Å². The van der Waals surface area contributed by atoms with Crippen LogP contribution >= 0.6 is 0 Å². The third-order valence-corrected chi connectivity index (χ3v) is 7.52. The molecule has 0 bridgehead atoms. The zero-order valence-electron chi connectivity index (χ0n) is 21.6. The van der Waals surface area contributed by atoms with Crippen LogP contribution in [0.3, 0.4) is 0 Å². The van der Waals surface area contributed by atoms with Gasteiger partial charge >= 0.3 is 5.97 Å². The first-order valence-corrected chi connectivity index (χ1v) is 13.0. The number of carbonyl (C=O) groups excluding carboxylic acids is 1. The molecule has 0 saturated heterocycles. The van der Waals surface area contributed by atoms with Crippen molar-refractivity contribution in [2.75, 3.05) is 10.6 Å². The fourth-order valence-corrected chi connectivity index (χ4v) is 5.67. The molecule has 2 N–H and O–H groups in total. The van der Waals surface area contributed by atoms with E-state index in [-0.39, 0.29) is 5.97 Å². The monoisotopic (exact) mass is 510 g/mol. The highest BCUT2D eigenvalue weighted by atomic mass is 16.6. The summed E-state index contributed by atoms with van der Waals surface area (Å²) in [6, 6.07) is 35.8. The number of rotatable bonds is 4. The summed E-state index contributed by atoms with van der Waals surface area (Å²) >= 11 is 0. The number of anilines is 4. The summed E-state index contributed by atoms with van der Waals surface area (Å²) in [6.45, 7) is 4.18. The molecule has 2 aliphatic heterocycles. The molecule has 1 spiro atoms. The number of benzene rings is 5. The number of esters is 1. The zero-order valence-corrected chi connectivity index (χ0v) is 21.6. The van der Waals surface area contributed by atoms with E-state index in [4.69, 9.17) is 9.47 Å². The molecule has 1 atom stereocenters. The molecule has 7 rings (SSSR count). The molecule has 5 heteroatoms. The van der Waals surface area contributed by atoms with Crippen molar-refractivity contribution in [2.45, 2.75) is 19.4 Å². The third kappa shape index (κ3) is 3.66. The van der Waals surface area contributed by atoms with E-state index >= 15 is 0 Å². The molecule has 0 amide bonds. The molecule has 1 unspecified atom stereocenters. The molecule has 190 valence electrons. The second kappa shape index (κ2) is 8.77. The van der Waals surface area contributed by atoms with Gasteiger partial charge in [-0.3, -0.25) is 0 Å². The van der Waals surface area contributed by atoms with E-state index in [9.17, 15) is 4.79 Å². The smallest absolute Gasteiger partial charge is 0.340 e. The maximum Gasteiger partial charge on any atom is 0.340 e. The molecule has 0 aromatic heterocycles. The van der Waals surface area contributed by atoms with Gasteiger partial charge in [-0.05, 0) is 73.5 Å². The topological polar surface area (TPSA) is 59.6 Å². The summed E-state index contributed by atoms with van der Waals surface area (Å²) in [5.41, 5.74) is 7.94. The van der Waals surface area contributed by atoms with Crippen LogP contribution in [-0.4, -0.2) is 5.97 Å². The number of ether oxygens (including phenoxy) is 2. The largest absolute Gasteiger partial charge is 0.456 e. The summed E-state index contributed by atoms with van der Waals surface area (Å²) in [4.78, 5) is 13.2. The quantitative estimate of drug-likeness (QED) is 0.238. The summed E-state index contributed by atoms with van der Waals surface area (Å²) in [6.07, 6.45) is 0. The van der Waals surface area contributed by atoms with Gasteiger partial charge in [-0.2, -0.15) is 0 Å². The van der Waals surface area contributed by atoms with Crippen LogP contribution in [0, 0.1) is 13.8 Å². The molecule has 5 aromatic rings.